The molecule has 0 atom stereocenters. The minimum atomic E-state index is 1.00. The van der Waals surface area contributed by atoms with Crippen LogP contribution in [0, 0.1) is 0 Å². The average molecular weight is 238 g/mol. The lowest BCUT2D eigenvalue weighted by atomic mass is 10.2. The molecule has 1 heterocycles. The van der Waals surface area contributed by atoms with Crippen molar-refractivity contribution < 1.29 is 5.11 Å². The number of benzene rings is 1. The maximum atomic E-state index is 7.00. The quantitative estimate of drug-likeness (QED) is 0.823. The van der Waals surface area contributed by atoms with E-state index in [2.05, 4.69) is 40.5 Å². The molecule has 2 rings (SSSR count). The highest BCUT2D eigenvalue weighted by atomic mass is 16.2. The maximum absolute atomic E-state index is 7.00. The predicted octanol–water partition coefficient (Wildman–Crippen LogP) is 1.73. The summed E-state index contributed by atoms with van der Waals surface area (Å²) in [6.45, 7) is 9.71. The molecule has 0 radical (unpaired) electrons. The molecule has 1 aromatic carbocycles. The third-order valence-electron chi connectivity index (χ3n) is 2.46. The first-order chi connectivity index (χ1) is 8.45. The van der Waals surface area contributed by atoms with Gasteiger partial charge in [-0.3, -0.25) is 4.90 Å². The molecule has 1 aliphatic rings. The Hall–Kier alpha value is -0.900. The maximum Gasteiger partial charge on any atom is 0.0319 e. The van der Waals surface area contributed by atoms with Crippen LogP contribution < -0.4 is 5.32 Å². The molecule has 3 heteroatoms. The summed E-state index contributed by atoms with van der Waals surface area (Å²) in [5.74, 6) is 0. The van der Waals surface area contributed by atoms with E-state index in [0.29, 0.717) is 0 Å². The highest BCUT2D eigenvalue weighted by Crippen LogP contribution is 2.04. The zero-order valence-electron chi connectivity index (χ0n) is 11.3. The van der Waals surface area contributed by atoms with Crippen LogP contribution in [0.3, 0.4) is 0 Å². The fraction of sp³-hybridized carbons (Fsp3) is 0.571. The zero-order chi connectivity index (χ0) is 12.9. The Labute approximate surface area is 105 Å². The summed E-state index contributed by atoms with van der Waals surface area (Å²) in [5, 5.41) is 10.4. The van der Waals surface area contributed by atoms with Gasteiger partial charge < -0.3 is 10.4 Å². The van der Waals surface area contributed by atoms with Crippen molar-refractivity contribution >= 4 is 0 Å². The van der Waals surface area contributed by atoms with E-state index < -0.39 is 0 Å². The van der Waals surface area contributed by atoms with Crippen LogP contribution in [0.1, 0.15) is 19.4 Å². The smallest absolute Gasteiger partial charge is 0.0319 e. The Morgan fingerprint density at radius 2 is 1.59 bits per heavy atom. The molecule has 0 amide bonds. The second kappa shape index (κ2) is 11.6. The van der Waals surface area contributed by atoms with Gasteiger partial charge >= 0.3 is 0 Å². The van der Waals surface area contributed by atoms with Gasteiger partial charge in [0.1, 0.15) is 0 Å². The lowest BCUT2D eigenvalue weighted by molar-refractivity contribution is 0.233. The van der Waals surface area contributed by atoms with Crippen LogP contribution in [-0.4, -0.2) is 43.3 Å². The van der Waals surface area contributed by atoms with Gasteiger partial charge in [-0.15, -0.1) is 0 Å². The molecule has 1 fully saturated rings. The number of hydrogen-bond acceptors (Lipinski definition) is 3. The molecule has 2 N–H and O–H groups in total. The molecule has 17 heavy (non-hydrogen) atoms. The number of nitrogens with one attached hydrogen (secondary N) is 1. The first-order valence-electron chi connectivity index (χ1n) is 6.37. The van der Waals surface area contributed by atoms with Crippen LogP contribution in [0.5, 0.6) is 0 Å². The summed E-state index contributed by atoms with van der Waals surface area (Å²) in [6.07, 6.45) is 0. The van der Waals surface area contributed by atoms with Gasteiger partial charge in [0.25, 0.3) is 0 Å². The molecule has 0 spiro atoms. The Bertz CT molecular complexity index is 246. The van der Waals surface area contributed by atoms with E-state index in [0.717, 1.165) is 26.7 Å². The molecule has 1 aromatic rings. The fourth-order valence-electron chi connectivity index (χ4n) is 1.71. The van der Waals surface area contributed by atoms with Crippen molar-refractivity contribution in [2.45, 2.75) is 20.4 Å². The van der Waals surface area contributed by atoms with Crippen LogP contribution >= 0.6 is 0 Å². The summed E-state index contributed by atoms with van der Waals surface area (Å²) in [6, 6.07) is 10.7. The zero-order valence-corrected chi connectivity index (χ0v) is 11.3. The van der Waals surface area contributed by atoms with E-state index >= 15 is 0 Å². The van der Waals surface area contributed by atoms with Crippen LogP contribution in [0.4, 0.5) is 0 Å². The molecule has 3 nitrogen and oxygen atoms in total. The summed E-state index contributed by atoms with van der Waals surface area (Å²) >= 11 is 0. The summed E-state index contributed by atoms with van der Waals surface area (Å²) in [4.78, 5) is 2.49. The molecule has 1 aliphatic heterocycles. The van der Waals surface area contributed by atoms with Gasteiger partial charge in [0, 0.05) is 39.8 Å². The number of aliphatic hydroxyl groups is 1. The van der Waals surface area contributed by atoms with E-state index in [1.807, 2.05) is 13.8 Å². The van der Waals surface area contributed by atoms with E-state index in [1.54, 1.807) is 0 Å². The van der Waals surface area contributed by atoms with E-state index in [-0.39, 0.29) is 0 Å². The topological polar surface area (TPSA) is 35.5 Å². The number of aliphatic hydroxyl groups excluding tert-OH is 1. The molecule has 0 bridgehead atoms. The molecule has 0 unspecified atom stereocenters. The standard InChI is InChI=1S/C11H16N2.C2H6.CH4O/c1-2-4-11(5-3-1)10-13-8-6-12-7-9-13;2*1-2/h1-5,12H,6-10H2;1-2H3;2H,1H3. The van der Waals surface area contributed by atoms with Gasteiger partial charge in [-0.05, 0) is 5.56 Å². The van der Waals surface area contributed by atoms with Crippen molar-refractivity contribution in [3.63, 3.8) is 0 Å². The van der Waals surface area contributed by atoms with Gasteiger partial charge in [0.2, 0.25) is 0 Å². The van der Waals surface area contributed by atoms with Crippen LogP contribution in [0.15, 0.2) is 30.3 Å². The van der Waals surface area contributed by atoms with Crippen molar-refractivity contribution in [3.8, 4) is 0 Å². The van der Waals surface area contributed by atoms with Crippen LogP contribution in [-0.2, 0) is 6.54 Å². The second-order valence-electron chi connectivity index (χ2n) is 3.51. The van der Waals surface area contributed by atoms with Gasteiger partial charge in [-0.2, -0.15) is 0 Å². The van der Waals surface area contributed by atoms with Crippen LogP contribution in [0.2, 0.25) is 0 Å². The highest BCUT2D eigenvalue weighted by Gasteiger charge is 2.08. The van der Waals surface area contributed by atoms with E-state index in [4.69, 9.17) is 5.11 Å². The molecule has 0 saturated carbocycles. The summed E-state index contributed by atoms with van der Waals surface area (Å²) < 4.78 is 0. The molecular weight excluding hydrogens is 212 g/mol. The minimum Gasteiger partial charge on any atom is -0.400 e. The van der Waals surface area contributed by atoms with E-state index in [1.165, 1.54) is 18.7 Å². The second-order valence-corrected chi connectivity index (χ2v) is 3.51. The largest absolute Gasteiger partial charge is 0.400 e. The summed E-state index contributed by atoms with van der Waals surface area (Å²) in [5.41, 5.74) is 1.42. The number of piperazine rings is 1. The van der Waals surface area contributed by atoms with E-state index in [9.17, 15) is 0 Å². The Morgan fingerprint density at radius 1 is 1.06 bits per heavy atom. The van der Waals surface area contributed by atoms with Crippen molar-refractivity contribution in [1.29, 1.82) is 0 Å². The van der Waals surface area contributed by atoms with Gasteiger partial charge in [-0.1, -0.05) is 44.2 Å². The van der Waals surface area contributed by atoms with Crippen molar-refractivity contribution in [2.75, 3.05) is 33.3 Å². The van der Waals surface area contributed by atoms with Crippen molar-refractivity contribution in [2.24, 2.45) is 0 Å². The molecule has 0 aliphatic carbocycles. The number of hydrogen-bond donors (Lipinski definition) is 2. The SMILES string of the molecule is CC.CO.c1ccc(CN2CCNCC2)cc1. The molecule has 0 aromatic heterocycles. The number of nitrogens with zero attached hydrogens (tertiary/aromatic N) is 1. The number of rotatable bonds is 2. The third kappa shape index (κ3) is 7.10. The Balaban J connectivity index is 0.000000581. The van der Waals surface area contributed by atoms with Gasteiger partial charge in [0.15, 0.2) is 0 Å². The van der Waals surface area contributed by atoms with Crippen LogP contribution in [0.25, 0.3) is 0 Å². The lowest BCUT2D eigenvalue weighted by Crippen LogP contribution is -2.42. The monoisotopic (exact) mass is 238 g/mol. The predicted molar refractivity (Wildman–Crippen MR) is 74.1 cm³/mol. The molecular formula is C14H26N2O. The van der Waals surface area contributed by atoms with Gasteiger partial charge in [-0.25, -0.2) is 0 Å². The Kier molecular flexibility index (Phi) is 11.0. The third-order valence-corrected chi connectivity index (χ3v) is 2.46. The van der Waals surface area contributed by atoms with Gasteiger partial charge in [0.05, 0.1) is 0 Å². The normalized spacial score (nSPS) is 15.1. The van der Waals surface area contributed by atoms with Crippen molar-refractivity contribution in [1.82, 2.24) is 10.2 Å². The minimum absolute atomic E-state index is 1.00. The summed E-state index contributed by atoms with van der Waals surface area (Å²) in [7, 11) is 1.00. The first kappa shape index (κ1) is 16.1. The lowest BCUT2D eigenvalue weighted by Gasteiger charge is -2.27. The first-order valence-corrected chi connectivity index (χ1v) is 6.37. The fourth-order valence-corrected chi connectivity index (χ4v) is 1.71. The molecule has 98 valence electrons. The average Bonchev–Trinajstić information content (AvgIpc) is 2.45. The van der Waals surface area contributed by atoms with Crippen molar-refractivity contribution in [3.05, 3.63) is 35.9 Å². The highest BCUT2D eigenvalue weighted by molar-refractivity contribution is 5.14. The Morgan fingerprint density at radius 3 is 2.12 bits per heavy atom. The molecule has 1 saturated heterocycles.